The second kappa shape index (κ2) is 9.54. The summed E-state index contributed by atoms with van der Waals surface area (Å²) in [5, 5.41) is 14.2. The molecule has 0 aliphatic carbocycles. The van der Waals surface area contributed by atoms with Gasteiger partial charge in [0.1, 0.15) is 17.6 Å². The summed E-state index contributed by atoms with van der Waals surface area (Å²) < 4.78 is 16.9. The zero-order chi connectivity index (χ0) is 21.6. The Morgan fingerprint density at radius 2 is 2.06 bits per heavy atom. The Morgan fingerprint density at radius 1 is 1.23 bits per heavy atom. The van der Waals surface area contributed by atoms with Crippen molar-refractivity contribution in [3.63, 3.8) is 0 Å². The molecule has 9 nitrogen and oxygen atoms in total. The Balaban J connectivity index is 1.60. The highest BCUT2D eigenvalue weighted by molar-refractivity contribution is 7.12. The van der Waals surface area contributed by atoms with E-state index in [9.17, 15) is 4.79 Å². The predicted molar refractivity (Wildman–Crippen MR) is 114 cm³/mol. The van der Waals surface area contributed by atoms with Crippen molar-refractivity contribution in [2.45, 2.75) is 20.0 Å². The molecule has 0 bridgehead atoms. The number of ether oxygens (including phenoxy) is 2. The third kappa shape index (κ3) is 4.65. The summed E-state index contributed by atoms with van der Waals surface area (Å²) in [7, 11) is 1.63. The number of rotatable bonds is 9. The molecule has 3 heterocycles. The first-order valence-corrected chi connectivity index (χ1v) is 10.5. The first-order chi connectivity index (χ1) is 15.2. The second-order valence-electron chi connectivity index (χ2n) is 6.48. The lowest BCUT2D eigenvalue weighted by molar-refractivity contribution is 0.0525. The van der Waals surface area contributed by atoms with Gasteiger partial charge in [-0.25, -0.2) is 14.5 Å². The number of aromatic nitrogens is 4. The molecular weight excluding hydrogens is 418 g/mol. The molecule has 0 aliphatic heterocycles. The highest BCUT2D eigenvalue weighted by Crippen LogP contribution is 2.27. The van der Waals surface area contributed by atoms with Crippen molar-refractivity contribution in [2.75, 3.05) is 13.7 Å². The van der Waals surface area contributed by atoms with Crippen LogP contribution in [-0.4, -0.2) is 39.6 Å². The fourth-order valence-corrected chi connectivity index (χ4v) is 3.80. The number of esters is 1. The minimum atomic E-state index is -0.418. The molecule has 160 valence electrons. The summed E-state index contributed by atoms with van der Waals surface area (Å²) in [5.41, 5.74) is 3.61. The zero-order valence-corrected chi connectivity index (χ0v) is 17.9. The van der Waals surface area contributed by atoms with E-state index in [1.165, 1.54) is 23.8 Å². The number of benzene rings is 1. The molecule has 0 spiro atoms. The number of nitrogens with zero attached hydrogens (tertiary/aromatic N) is 4. The van der Waals surface area contributed by atoms with Crippen molar-refractivity contribution < 1.29 is 18.8 Å². The summed E-state index contributed by atoms with van der Waals surface area (Å²) in [6, 6.07) is 9.45. The van der Waals surface area contributed by atoms with Crippen LogP contribution in [0, 0.1) is 0 Å². The smallest absolute Gasteiger partial charge is 0.341 e. The Kier molecular flexibility index (Phi) is 6.39. The van der Waals surface area contributed by atoms with E-state index >= 15 is 0 Å². The molecule has 0 saturated carbocycles. The van der Waals surface area contributed by atoms with Crippen molar-refractivity contribution >= 4 is 17.3 Å². The number of nitrogens with one attached hydrogen (secondary N) is 1. The number of hydrogen-bond donors (Lipinski definition) is 1. The highest BCUT2D eigenvalue weighted by Gasteiger charge is 2.21. The van der Waals surface area contributed by atoms with E-state index in [0.717, 1.165) is 22.7 Å². The molecule has 0 aliphatic rings. The van der Waals surface area contributed by atoms with Gasteiger partial charge in [0.25, 0.3) is 0 Å². The molecule has 4 aromatic rings. The second-order valence-corrected chi connectivity index (χ2v) is 7.31. The first kappa shape index (κ1) is 20.8. The molecule has 1 aromatic carbocycles. The van der Waals surface area contributed by atoms with Gasteiger partial charge < -0.3 is 19.3 Å². The average molecular weight is 439 g/mol. The molecule has 1 N–H and O–H groups in total. The number of methoxy groups -OCH3 is 1. The summed E-state index contributed by atoms with van der Waals surface area (Å²) >= 11 is 1.44. The zero-order valence-electron chi connectivity index (χ0n) is 17.1. The lowest BCUT2D eigenvalue weighted by Crippen LogP contribution is -2.19. The Morgan fingerprint density at radius 3 is 2.77 bits per heavy atom. The maximum absolute atomic E-state index is 12.4. The van der Waals surface area contributed by atoms with Gasteiger partial charge in [0.2, 0.25) is 5.13 Å². The van der Waals surface area contributed by atoms with Gasteiger partial charge >= 0.3 is 5.97 Å². The van der Waals surface area contributed by atoms with Crippen LogP contribution in [0.25, 0.3) is 16.4 Å². The minimum absolute atomic E-state index is 0.286. The molecule has 0 fully saturated rings. The fraction of sp³-hybridized carbons (Fsp3) is 0.238. The molecule has 3 aromatic heterocycles. The van der Waals surface area contributed by atoms with E-state index in [4.69, 9.17) is 19.0 Å². The molecule has 0 amide bonds. The Hall–Kier alpha value is -3.50. The maximum Gasteiger partial charge on any atom is 0.341 e. The third-order valence-corrected chi connectivity index (χ3v) is 5.33. The normalized spacial score (nSPS) is 10.9. The minimum Gasteiger partial charge on any atom is -0.497 e. The molecule has 10 heteroatoms. The van der Waals surface area contributed by atoms with Crippen molar-refractivity contribution in [3.05, 3.63) is 65.1 Å². The van der Waals surface area contributed by atoms with Crippen LogP contribution < -0.4 is 10.1 Å². The van der Waals surface area contributed by atoms with Crippen molar-refractivity contribution in [1.29, 1.82) is 0 Å². The molecule has 0 unspecified atom stereocenters. The molecule has 0 saturated heterocycles. The van der Waals surface area contributed by atoms with Crippen molar-refractivity contribution in [2.24, 2.45) is 0 Å². The van der Waals surface area contributed by atoms with Crippen molar-refractivity contribution in [3.8, 4) is 22.1 Å². The van der Waals surface area contributed by atoms with Gasteiger partial charge in [-0.2, -0.15) is 5.10 Å². The lowest BCUT2D eigenvalue weighted by atomic mass is 10.2. The standard InChI is InChI=1S/C21H21N5O4S/c1-3-29-20(27)17-11-23-26(19(17)12-22-10-15-8-9-30-25-15)21-24-18(13-31-21)14-4-6-16(28-2)7-5-14/h4-9,11,13,22H,3,10,12H2,1-2H3. The summed E-state index contributed by atoms with van der Waals surface area (Å²) in [6.07, 6.45) is 3.03. The first-order valence-electron chi connectivity index (χ1n) is 9.64. The maximum atomic E-state index is 12.4. The lowest BCUT2D eigenvalue weighted by Gasteiger charge is -2.08. The van der Waals surface area contributed by atoms with Crippen molar-refractivity contribution in [1.82, 2.24) is 25.2 Å². The van der Waals surface area contributed by atoms with E-state index in [2.05, 4.69) is 15.6 Å². The molecule has 0 radical (unpaired) electrons. The number of carbonyl (C=O) groups is 1. The number of thiazole rings is 1. The van der Waals surface area contributed by atoms with Crippen LogP contribution >= 0.6 is 11.3 Å². The van der Waals surface area contributed by atoms with Crippen LogP contribution in [0.4, 0.5) is 0 Å². The Bertz CT molecular complexity index is 1140. The van der Waals surface area contributed by atoms with Gasteiger partial charge in [-0.15, -0.1) is 11.3 Å². The molecular formula is C21H21N5O4S. The van der Waals surface area contributed by atoms with Gasteiger partial charge in [0, 0.05) is 30.1 Å². The summed E-state index contributed by atoms with van der Waals surface area (Å²) in [6.45, 7) is 2.92. The van der Waals surface area contributed by atoms with E-state index < -0.39 is 5.97 Å². The monoisotopic (exact) mass is 439 g/mol. The fourth-order valence-electron chi connectivity index (χ4n) is 2.98. The average Bonchev–Trinajstić information content (AvgIpc) is 3.55. The van der Waals surface area contributed by atoms with Crippen LogP contribution in [0.2, 0.25) is 0 Å². The van der Waals surface area contributed by atoms with Gasteiger partial charge in [-0.05, 0) is 31.2 Å². The van der Waals surface area contributed by atoms with Crippen LogP contribution in [0.3, 0.4) is 0 Å². The highest BCUT2D eigenvalue weighted by atomic mass is 32.1. The summed E-state index contributed by atoms with van der Waals surface area (Å²) in [4.78, 5) is 17.1. The number of hydrogen-bond acceptors (Lipinski definition) is 9. The van der Waals surface area contributed by atoms with Crippen LogP contribution in [0.1, 0.15) is 28.7 Å². The molecule has 0 atom stereocenters. The quantitative estimate of drug-likeness (QED) is 0.396. The van der Waals surface area contributed by atoms with Gasteiger partial charge in [0.15, 0.2) is 0 Å². The van der Waals surface area contributed by atoms with Gasteiger partial charge in [-0.3, -0.25) is 0 Å². The van der Waals surface area contributed by atoms with Crippen LogP contribution in [-0.2, 0) is 17.8 Å². The molecule has 31 heavy (non-hydrogen) atoms. The van der Waals surface area contributed by atoms with Gasteiger partial charge in [-0.1, -0.05) is 5.16 Å². The van der Waals surface area contributed by atoms with E-state index in [1.54, 1.807) is 24.8 Å². The van der Waals surface area contributed by atoms with Crippen LogP contribution in [0.5, 0.6) is 5.75 Å². The number of carbonyl (C=O) groups excluding carboxylic acids is 1. The summed E-state index contributed by atoms with van der Waals surface area (Å²) in [5.74, 6) is 0.366. The van der Waals surface area contributed by atoms with E-state index in [-0.39, 0.29) is 6.61 Å². The SMILES string of the molecule is CCOC(=O)c1cnn(-c2nc(-c3ccc(OC)cc3)cs2)c1CNCc1ccon1. The predicted octanol–water partition coefficient (Wildman–Crippen LogP) is 3.46. The largest absolute Gasteiger partial charge is 0.497 e. The third-order valence-electron chi connectivity index (χ3n) is 4.51. The molecule has 4 rings (SSSR count). The van der Waals surface area contributed by atoms with E-state index in [0.29, 0.717) is 29.5 Å². The van der Waals surface area contributed by atoms with E-state index in [1.807, 2.05) is 29.6 Å². The Labute approximate surface area is 182 Å². The topological polar surface area (TPSA) is 104 Å². The van der Waals surface area contributed by atoms with Gasteiger partial charge in [0.05, 0.1) is 37.0 Å². The van der Waals surface area contributed by atoms with Crippen LogP contribution in [0.15, 0.2) is 52.7 Å².